The van der Waals surface area contributed by atoms with Crippen LogP contribution in [0.1, 0.15) is 117 Å². The lowest BCUT2D eigenvalue weighted by Gasteiger charge is -2.04. The molecule has 0 aliphatic carbocycles. The van der Waals surface area contributed by atoms with Crippen LogP contribution in [0, 0.1) is 0 Å². The molecule has 0 aromatic carbocycles. The molecular formula is C20H39O. The van der Waals surface area contributed by atoms with Crippen molar-refractivity contribution in [1.82, 2.24) is 0 Å². The highest BCUT2D eigenvalue weighted by atomic mass is 16.2. The van der Waals surface area contributed by atoms with E-state index >= 15 is 0 Å². The number of hydrogen-bond donors (Lipinski definition) is 0. The zero-order chi connectivity index (χ0) is 15.6. The van der Waals surface area contributed by atoms with E-state index in [2.05, 4.69) is 13.8 Å². The van der Waals surface area contributed by atoms with Gasteiger partial charge in [-0.25, -0.2) is 0 Å². The summed E-state index contributed by atoms with van der Waals surface area (Å²) >= 11 is 0. The van der Waals surface area contributed by atoms with Crippen molar-refractivity contribution in [3.8, 4) is 0 Å². The minimum atomic E-state index is 0.932. The average Bonchev–Trinajstić information content (AvgIpc) is 2.51. The van der Waals surface area contributed by atoms with E-state index in [0.29, 0.717) is 0 Å². The third kappa shape index (κ3) is 15.7. The summed E-state index contributed by atoms with van der Waals surface area (Å²) in [5.74, 6) is 0. The van der Waals surface area contributed by atoms with Crippen LogP contribution in [0.2, 0.25) is 0 Å². The molecule has 0 aliphatic rings. The van der Waals surface area contributed by atoms with Crippen molar-refractivity contribution in [2.45, 2.75) is 117 Å². The predicted octanol–water partition coefficient (Wildman–Crippen LogP) is 7.58. The van der Waals surface area contributed by atoms with Crippen LogP contribution in [0.4, 0.5) is 0 Å². The van der Waals surface area contributed by atoms with E-state index in [4.69, 9.17) is 0 Å². The minimum absolute atomic E-state index is 0.932. The zero-order valence-corrected chi connectivity index (χ0v) is 14.8. The number of unbranched alkanes of at least 4 members (excludes halogenated alkanes) is 13. The van der Waals surface area contributed by atoms with Gasteiger partial charge in [-0.3, -0.25) is 5.11 Å². The maximum Gasteiger partial charge on any atom is 0.142 e. The standard InChI is InChI=1S/C20H39O/c1-3-5-6-7-8-9-10-11-12-13-14-15-16-17-18-20(4-2)19-21/h19H,3-18H2,1-2H3/b20-19+. The van der Waals surface area contributed by atoms with E-state index in [1.807, 2.05) is 0 Å². The van der Waals surface area contributed by atoms with Gasteiger partial charge in [-0.1, -0.05) is 97.3 Å². The van der Waals surface area contributed by atoms with Gasteiger partial charge in [0.2, 0.25) is 0 Å². The molecule has 0 heterocycles. The second-order valence-corrected chi connectivity index (χ2v) is 6.48. The summed E-state index contributed by atoms with van der Waals surface area (Å²) in [6, 6.07) is 0. The van der Waals surface area contributed by atoms with Crippen molar-refractivity contribution < 1.29 is 5.11 Å². The fourth-order valence-corrected chi connectivity index (χ4v) is 2.87. The smallest absolute Gasteiger partial charge is 0.142 e. The molecule has 125 valence electrons. The van der Waals surface area contributed by atoms with E-state index < -0.39 is 0 Å². The van der Waals surface area contributed by atoms with Crippen LogP contribution < -0.4 is 0 Å². The first-order chi connectivity index (χ1) is 10.3. The van der Waals surface area contributed by atoms with E-state index in [9.17, 15) is 5.11 Å². The molecule has 0 N–H and O–H groups in total. The molecule has 0 aromatic heterocycles. The fraction of sp³-hybridized carbons (Fsp3) is 0.900. The van der Waals surface area contributed by atoms with Gasteiger partial charge in [-0.2, -0.15) is 0 Å². The fourth-order valence-electron chi connectivity index (χ4n) is 2.87. The Labute approximate surface area is 134 Å². The summed E-state index contributed by atoms with van der Waals surface area (Å²) in [4.78, 5) is 0. The summed E-state index contributed by atoms with van der Waals surface area (Å²) < 4.78 is 0. The Hall–Kier alpha value is -0.460. The van der Waals surface area contributed by atoms with Crippen molar-refractivity contribution in [2.75, 3.05) is 0 Å². The van der Waals surface area contributed by atoms with Crippen LogP contribution in [0.25, 0.3) is 0 Å². The highest BCUT2D eigenvalue weighted by Crippen LogP contribution is 2.15. The van der Waals surface area contributed by atoms with Gasteiger partial charge >= 0.3 is 0 Å². The molecule has 21 heavy (non-hydrogen) atoms. The second kappa shape index (κ2) is 17.6. The normalized spacial score (nSPS) is 12.0. The van der Waals surface area contributed by atoms with Crippen LogP contribution in [0.5, 0.6) is 0 Å². The SMILES string of the molecule is CCCCCCCCCCCCCCCC/C(=C/[O])CC. The number of allylic oxidation sites excluding steroid dienone is 1. The van der Waals surface area contributed by atoms with Crippen LogP contribution in [0.15, 0.2) is 11.8 Å². The summed E-state index contributed by atoms with van der Waals surface area (Å²) in [5, 5.41) is 10.7. The Balaban J connectivity index is 3.06. The molecule has 0 aromatic rings. The van der Waals surface area contributed by atoms with Crippen LogP contribution in [0.3, 0.4) is 0 Å². The second-order valence-electron chi connectivity index (χ2n) is 6.48. The maximum atomic E-state index is 10.7. The number of hydrogen-bond acceptors (Lipinski definition) is 0. The topological polar surface area (TPSA) is 19.9 Å². The summed E-state index contributed by atoms with van der Waals surface area (Å²) in [7, 11) is 0. The zero-order valence-electron chi connectivity index (χ0n) is 14.8. The molecule has 0 saturated heterocycles. The molecule has 0 spiro atoms. The molecule has 0 aliphatic heterocycles. The van der Waals surface area contributed by atoms with Gasteiger partial charge in [-0.15, -0.1) is 0 Å². The van der Waals surface area contributed by atoms with Crippen molar-refractivity contribution in [2.24, 2.45) is 0 Å². The van der Waals surface area contributed by atoms with Gasteiger partial charge in [0.15, 0.2) is 0 Å². The highest BCUT2D eigenvalue weighted by Gasteiger charge is 1.96. The Bertz CT molecular complexity index is 220. The molecule has 0 unspecified atom stereocenters. The molecule has 0 fully saturated rings. The third-order valence-corrected chi connectivity index (χ3v) is 4.47. The average molecular weight is 296 g/mol. The molecule has 1 nitrogen and oxygen atoms in total. The highest BCUT2D eigenvalue weighted by molar-refractivity contribution is 4.95. The lowest BCUT2D eigenvalue weighted by atomic mass is 10.0. The van der Waals surface area contributed by atoms with Crippen molar-refractivity contribution >= 4 is 0 Å². The molecule has 0 atom stereocenters. The molecular weight excluding hydrogens is 256 g/mol. The lowest BCUT2D eigenvalue weighted by molar-refractivity contribution is 0.343. The third-order valence-electron chi connectivity index (χ3n) is 4.47. The molecule has 0 rings (SSSR count). The van der Waals surface area contributed by atoms with Gasteiger partial charge in [0, 0.05) is 0 Å². The number of rotatable bonds is 16. The maximum absolute atomic E-state index is 10.7. The van der Waals surface area contributed by atoms with Gasteiger partial charge < -0.3 is 0 Å². The van der Waals surface area contributed by atoms with Gasteiger partial charge in [0.25, 0.3) is 0 Å². The van der Waals surface area contributed by atoms with Crippen molar-refractivity contribution in [1.29, 1.82) is 0 Å². The lowest BCUT2D eigenvalue weighted by Crippen LogP contribution is -1.85. The summed E-state index contributed by atoms with van der Waals surface area (Å²) in [6.45, 7) is 4.36. The predicted molar refractivity (Wildman–Crippen MR) is 94.0 cm³/mol. The van der Waals surface area contributed by atoms with Gasteiger partial charge in [0.1, 0.15) is 6.26 Å². The minimum Gasteiger partial charge on any atom is -0.299 e. The summed E-state index contributed by atoms with van der Waals surface area (Å²) in [6.07, 6.45) is 22.6. The molecule has 1 radical (unpaired) electrons. The van der Waals surface area contributed by atoms with Gasteiger partial charge in [-0.05, 0) is 24.8 Å². The first kappa shape index (κ1) is 20.5. The first-order valence-electron chi connectivity index (χ1n) is 9.65. The van der Waals surface area contributed by atoms with Crippen molar-refractivity contribution in [3.63, 3.8) is 0 Å². The quantitative estimate of drug-likeness (QED) is 0.206. The largest absolute Gasteiger partial charge is 0.299 e. The molecule has 1 heteroatoms. The molecule has 0 bridgehead atoms. The Morgan fingerprint density at radius 2 is 1.00 bits per heavy atom. The molecule has 0 amide bonds. The van der Waals surface area contributed by atoms with Crippen LogP contribution in [-0.4, -0.2) is 0 Å². The van der Waals surface area contributed by atoms with Crippen LogP contribution >= 0.6 is 0 Å². The molecule has 0 saturated carbocycles. The van der Waals surface area contributed by atoms with E-state index in [1.165, 1.54) is 89.9 Å². The van der Waals surface area contributed by atoms with E-state index in [1.54, 1.807) is 0 Å². The van der Waals surface area contributed by atoms with E-state index in [0.717, 1.165) is 24.7 Å². The monoisotopic (exact) mass is 295 g/mol. The van der Waals surface area contributed by atoms with Crippen LogP contribution in [-0.2, 0) is 5.11 Å². The Kier molecular flexibility index (Phi) is 17.2. The summed E-state index contributed by atoms with van der Waals surface area (Å²) in [5.41, 5.74) is 1.09. The van der Waals surface area contributed by atoms with E-state index in [-0.39, 0.29) is 0 Å². The first-order valence-corrected chi connectivity index (χ1v) is 9.65. The van der Waals surface area contributed by atoms with Gasteiger partial charge in [0.05, 0.1) is 0 Å². The Morgan fingerprint density at radius 3 is 1.33 bits per heavy atom. The van der Waals surface area contributed by atoms with Crippen molar-refractivity contribution in [3.05, 3.63) is 11.8 Å². The Morgan fingerprint density at radius 1 is 0.619 bits per heavy atom.